The predicted octanol–water partition coefficient (Wildman–Crippen LogP) is 4.66. The number of fused-ring (bicyclic) bond motifs is 2. The SMILES string of the molecule is CN1CCC(Nc2ncnc3ccc(C4=CCc5nc(NC(=O)c6ccncc6)ccc54)cc23)CC1.[HH].[HH]. The number of pyridine rings is 2. The molecule has 4 aromatic rings. The van der Waals surface area contributed by atoms with Crippen LogP contribution in [0.3, 0.4) is 0 Å². The lowest BCUT2D eigenvalue weighted by Gasteiger charge is -2.30. The molecule has 36 heavy (non-hydrogen) atoms. The minimum absolute atomic E-state index is 0. The van der Waals surface area contributed by atoms with E-state index >= 15 is 0 Å². The number of hydrogen-bond acceptors (Lipinski definition) is 7. The molecule has 0 saturated carbocycles. The van der Waals surface area contributed by atoms with Gasteiger partial charge in [-0.25, -0.2) is 15.0 Å². The van der Waals surface area contributed by atoms with Gasteiger partial charge in [-0.2, -0.15) is 0 Å². The van der Waals surface area contributed by atoms with Gasteiger partial charge >= 0.3 is 0 Å². The van der Waals surface area contributed by atoms with E-state index in [9.17, 15) is 4.79 Å². The molecule has 0 unspecified atom stereocenters. The number of nitrogens with one attached hydrogen (secondary N) is 2. The molecule has 8 heteroatoms. The number of carbonyl (C=O) groups is 1. The fraction of sp³-hybridized carbons (Fsp3) is 0.250. The fourth-order valence-electron chi connectivity index (χ4n) is 4.93. The van der Waals surface area contributed by atoms with E-state index in [0.717, 1.165) is 65.0 Å². The van der Waals surface area contributed by atoms with Gasteiger partial charge in [-0.15, -0.1) is 0 Å². The third kappa shape index (κ3) is 4.43. The minimum atomic E-state index is -0.199. The maximum absolute atomic E-state index is 12.5. The second-order valence-electron chi connectivity index (χ2n) is 9.38. The molecule has 2 N–H and O–H groups in total. The van der Waals surface area contributed by atoms with Crippen LogP contribution in [0.5, 0.6) is 0 Å². The van der Waals surface area contributed by atoms with Crippen LogP contribution >= 0.6 is 0 Å². The van der Waals surface area contributed by atoms with Gasteiger partial charge in [0.15, 0.2) is 0 Å². The third-order valence-corrected chi connectivity index (χ3v) is 6.95. The summed E-state index contributed by atoms with van der Waals surface area (Å²) in [4.78, 5) is 32.6. The van der Waals surface area contributed by atoms with E-state index in [1.165, 1.54) is 0 Å². The first-order valence-corrected chi connectivity index (χ1v) is 12.3. The molecule has 0 bridgehead atoms. The Hall–Kier alpha value is -4.17. The van der Waals surface area contributed by atoms with Gasteiger partial charge < -0.3 is 15.5 Å². The number of anilines is 2. The Morgan fingerprint density at radius 1 is 1.06 bits per heavy atom. The number of aromatic nitrogens is 4. The van der Waals surface area contributed by atoms with Crippen molar-refractivity contribution in [3.8, 4) is 0 Å². The van der Waals surface area contributed by atoms with Gasteiger partial charge in [0.2, 0.25) is 0 Å². The number of piperidine rings is 1. The van der Waals surface area contributed by atoms with E-state index in [0.29, 0.717) is 23.8 Å². The molecule has 1 saturated heterocycles. The molecule has 0 spiro atoms. The molecule has 0 atom stereocenters. The lowest BCUT2D eigenvalue weighted by atomic mass is 9.99. The fourth-order valence-corrected chi connectivity index (χ4v) is 4.93. The quantitative estimate of drug-likeness (QED) is 0.428. The highest BCUT2D eigenvalue weighted by atomic mass is 16.1. The molecular formula is C28H31N7O. The normalized spacial score (nSPS) is 16.0. The Labute approximate surface area is 212 Å². The Kier molecular flexibility index (Phi) is 5.87. The smallest absolute Gasteiger partial charge is 0.256 e. The van der Waals surface area contributed by atoms with E-state index in [1.807, 2.05) is 12.1 Å². The lowest BCUT2D eigenvalue weighted by molar-refractivity contribution is 0.102. The topological polar surface area (TPSA) is 95.9 Å². The molecule has 2 aliphatic rings. The van der Waals surface area contributed by atoms with Crippen LogP contribution in [0.1, 0.15) is 42.9 Å². The van der Waals surface area contributed by atoms with Crippen molar-refractivity contribution in [3.05, 3.63) is 89.6 Å². The molecule has 8 nitrogen and oxygen atoms in total. The summed E-state index contributed by atoms with van der Waals surface area (Å²) >= 11 is 0. The summed E-state index contributed by atoms with van der Waals surface area (Å²) in [6.45, 7) is 2.18. The summed E-state index contributed by atoms with van der Waals surface area (Å²) in [7, 11) is 2.17. The molecule has 1 aliphatic carbocycles. The Morgan fingerprint density at radius 2 is 1.89 bits per heavy atom. The van der Waals surface area contributed by atoms with Crippen LogP contribution in [-0.4, -0.2) is 56.9 Å². The van der Waals surface area contributed by atoms with Crippen LogP contribution in [-0.2, 0) is 6.42 Å². The Balaban J connectivity index is 0.00000168. The van der Waals surface area contributed by atoms with Crippen LogP contribution in [0.2, 0.25) is 0 Å². The van der Waals surface area contributed by atoms with Crippen molar-refractivity contribution in [2.24, 2.45) is 0 Å². The first-order valence-electron chi connectivity index (χ1n) is 12.3. The summed E-state index contributed by atoms with van der Waals surface area (Å²) < 4.78 is 0. The van der Waals surface area contributed by atoms with E-state index in [-0.39, 0.29) is 8.76 Å². The molecule has 0 radical (unpaired) electrons. The largest absolute Gasteiger partial charge is 0.367 e. The number of carbonyl (C=O) groups excluding carboxylic acids is 1. The number of rotatable bonds is 5. The number of benzene rings is 1. The van der Waals surface area contributed by atoms with Gasteiger partial charge in [0.25, 0.3) is 5.91 Å². The average molecular weight is 482 g/mol. The predicted molar refractivity (Wildman–Crippen MR) is 145 cm³/mol. The highest BCUT2D eigenvalue weighted by molar-refractivity contribution is 6.03. The van der Waals surface area contributed by atoms with Crippen molar-refractivity contribution in [1.82, 2.24) is 24.8 Å². The van der Waals surface area contributed by atoms with Crippen molar-refractivity contribution in [2.45, 2.75) is 25.3 Å². The molecule has 1 amide bonds. The van der Waals surface area contributed by atoms with Crippen LogP contribution in [0.15, 0.2) is 67.3 Å². The van der Waals surface area contributed by atoms with Crippen LogP contribution in [0.25, 0.3) is 16.5 Å². The molecular weight excluding hydrogens is 450 g/mol. The van der Waals surface area contributed by atoms with Crippen molar-refractivity contribution < 1.29 is 7.65 Å². The van der Waals surface area contributed by atoms with Crippen molar-refractivity contribution in [2.75, 3.05) is 30.8 Å². The second-order valence-corrected chi connectivity index (χ2v) is 9.38. The molecule has 6 rings (SSSR count). The molecule has 1 fully saturated rings. The van der Waals surface area contributed by atoms with E-state index in [2.05, 4.69) is 61.8 Å². The van der Waals surface area contributed by atoms with Crippen LogP contribution in [0.4, 0.5) is 11.6 Å². The molecule has 3 aromatic heterocycles. The Morgan fingerprint density at radius 3 is 2.72 bits per heavy atom. The number of likely N-dealkylation sites (tertiary alicyclic amines) is 1. The zero-order valence-electron chi connectivity index (χ0n) is 20.1. The number of amides is 1. The average Bonchev–Trinajstić information content (AvgIpc) is 3.34. The standard InChI is InChI=1S/C28H27N7O.2H2/c1-35-14-10-20(11-15-35)32-27-23-16-19(2-5-24(23)30-17-31-27)21-3-6-25-22(21)4-7-26(33-25)34-28(36)18-8-12-29-13-9-18;;/h2-5,7-9,12-13,16-17,20H,6,10-11,14-15H2,1H3,(H,30,31,32)(H,33,34,36);2*1H. The van der Waals surface area contributed by atoms with Gasteiger partial charge in [-0.1, -0.05) is 12.1 Å². The van der Waals surface area contributed by atoms with Crippen LogP contribution < -0.4 is 10.6 Å². The zero-order chi connectivity index (χ0) is 24.5. The number of allylic oxidation sites excluding steroid dienone is 1. The second kappa shape index (κ2) is 9.47. The van der Waals surface area contributed by atoms with Gasteiger partial charge in [-0.05, 0) is 80.5 Å². The summed E-state index contributed by atoms with van der Waals surface area (Å²) in [5.41, 5.74) is 5.76. The summed E-state index contributed by atoms with van der Waals surface area (Å²) in [6.07, 6.45) is 9.96. The summed E-state index contributed by atoms with van der Waals surface area (Å²) in [6, 6.07) is 14.0. The van der Waals surface area contributed by atoms with Gasteiger partial charge in [-0.3, -0.25) is 9.78 Å². The van der Waals surface area contributed by atoms with Gasteiger partial charge in [0.05, 0.1) is 11.2 Å². The van der Waals surface area contributed by atoms with Gasteiger partial charge in [0, 0.05) is 44.2 Å². The lowest BCUT2D eigenvalue weighted by Crippen LogP contribution is -2.36. The first kappa shape index (κ1) is 22.3. The van der Waals surface area contributed by atoms with Gasteiger partial charge in [0.1, 0.15) is 18.0 Å². The van der Waals surface area contributed by atoms with Crippen molar-refractivity contribution in [1.29, 1.82) is 0 Å². The van der Waals surface area contributed by atoms with Crippen molar-refractivity contribution in [3.63, 3.8) is 0 Å². The highest BCUT2D eigenvalue weighted by Crippen LogP contribution is 2.35. The summed E-state index contributed by atoms with van der Waals surface area (Å²) in [5.74, 6) is 1.24. The van der Waals surface area contributed by atoms with E-state index in [1.54, 1.807) is 30.9 Å². The summed E-state index contributed by atoms with van der Waals surface area (Å²) in [5, 5.41) is 7.58. The first-order chi connectivity index (χ1) is 17.6. The maximum atomic E-state index is 12.5. The zero-order valence-corrected chi connectivity index (χ0v) is 20.1. The minimum Gasteiger partial charge on any atom is -0.367 e. The third-order valence-electron chi connectivity index (χ3n) is 6.95. The van der Waals surface area contributed by atoms with Crippen molar-refractivity contribution >= 4 is 34.0 Å². The number of nitrogens with zero attached hydrogens (tertiary/aromatic N) is 5. The van der Waals surface area contributed by atoms with E-state index < -0.39 is 0 Å². The Bertz CT molecular complexity index is 1470. The molecule has 184 valence electrons. The maximum Gasteiger partial charge on any atom is 0.256 e. The van der Waals surface area contributed by atoms with Crippen LogP contribution in [0, 0.1) is 0 Å². The monoisotopic (exact) mass is 481 g/mol. The molecule has 1 aromatic carbocycles. The molecule has 1 aliphatic heterocycles. The number of hydrogen-bond donors (Lipinski definition) is 2. The van der Waals surface area contributed by atoms with E-state index in [4.69, 9.17) is 4.98 Å². The highest BCUT2D eigenvalue weighted by Gasteiger charge is 2.21. The molecule has 4 heterocycles.